The van der Waals surface area contributed by atoms with E-state index < -0.39 is 23.2 Å². The summed E-state index contributed by atoms with van der Waals surface area (Å²) in [6.07, 6.45) is 9.92. The Morgan fingerprint density at radius 3 is 2.25 bits per heavy atom. The maximum absolute atomic E-state index is 12.8. The van der Waals surface area contributed by atoms with Crippen molar-refractivity contribution in [1.29, 1.82) is 0 Å². The topological polar surface area (TPSA) is 84.5 Å². The quantitative estimate of drug-likeness (QED) is 0.522. The smallest absolute Gasteiger partial charge is 0.305 e. The van der Waals surface area contributed by atoms with Gasteiger partial charge in [0.1, 0.15) is 6.61 Å². The third-order valence-electron chi connectivity index (χ3n) is 3.66. The van der Waals surface area contributed by atoms with Crippen molar-refractivity contribution in [2.24, 2.45) is 5.41 Å². The lowest BCUT2D eigenvalue weighted by molar-refractivity contribution is -0.153. The van der Waals surface area contributed by atoms with E-state index >= 15 is 0 Å². The van der Waals surface area contributed by atoms with E-state index in [2.05, 4.69) is 10.6 Å². The number of hydrogen-bond acceptors (Lipinski definition) is 4. The van der Waals surface area contributed by atoms with Gasteiger partial charge < -0.3 is 15.4 Å². The number of nitrogens with one attached hydrogen (secondary N) is 2. The lowest BCUT2D eigenvalue weighted by Gasteiger charge is -2.31. The van der Waals surface area contributed by atoms with Crippen LogP contribution in [0.3, 0.4) is 0 Å². The Hall–Kier alpha value is -2.37. The van der Waals surface area contributed by atoms with Crippen molar-refractivity contribution in [2.45, 2.75) is 33.6 Å². The summed E-state index contributed by atoms with van der Waals surface area (Å²) in [6.45, 7) is 5.62. The molecule has 6 nitrogen and oxygen atoms in total. The molecule has 24 heavy (non-hydrogen) atoms. The Kier molecular flexibility index (Phi) is 7.95. The van der Waals surface area contributed by atoms with Crippen LogP contribution in [0.2, 0.25) is 0 Å². The molecule has 0 aliphatic heterocycles. The second kappa shape index (κ2) is 9.70. The van der Waals surface area contributed by atoms with Gasteiger partial charge >= 0.3 is 5.97 Å². The van der Waals surface area contributed by atoms with Gasteiger partial charge in [-0.3, -0.25) is 14.4 Å². The first-order chi connectivity index (χ1) is 11.5. The molecule has 0 unspecified atom stereocenters. The molecule has 0 bridgehead atoms. The minimum atomic E-state index is -1.61. The summed E-state index contributed by atoms with van der Waals surface area (Å²) in [7, 11) is 0. The molecule has 0 aromatic rings. The number of esters is 1. The van der Waals surface area contributed by atoms with E-state index in [-0.39, 0.29) is 13.0 Å². The molecule has 0 heterocycles. The van der Waals surface area contributed by atoms with Gasteiger partial charge in [-0.1, -0.05) is 37.3 Å². The Balaban J connectivity index is 3.37. The summed E-state index contributed by atoms with van der Waals surface area (Å²) < 4.78 is 5.23. The maximum atomic E-state index is 12.8. The first kappa shape index (κ1) is 19.7. The molecule has 0 spiro atoms. The van der Waals surface area contributed by atoms with Crippen LogP contribution in [0.15, 0.2) is 36.0 Å². The van der Waals surface area contributed by atoms with Crippen molar-refractivity contribution in [3.63, 3.8) is 0 Å². The zero-order valence-corrected chi connectivity index (χ0v) is 14.6. The fourth-order valence-corrected chi connectivity index (χ4v) is 2.36. The van der Waals surface area contributed by atoms with Gasteiger partial charge in [0.05, 0.1) is 0 Å². The molecule has 1 rings (SSSR count). The second-order valence-corrected chi connectivity index (χ2v) is 5.33. The standard InChI is InChI=1S/C18H26N2O4/c1-4-15(21)24-13-18(16(22)19-5-2,17(23)20-6-3)14-11-9-7-8-10-12-14/h7,9-12H,4-6,8,13H2,1-3H3,(H,19,22)(H,20,23). The fraction of sp³-hybridized carbons (Fsp3) is 0.500. The van der Waals surface area contributed by atoms with E-state index in [1.807, 2.05) is 12.2 Å². The predicted molar refractivity (Wildman–Crippen MR) is 92.0 cm³/mol. The van der Waals surface area contributed by atoms with Crippen molar-refractivity contribution in [1.82, 2.24) is 10.6 Å². The summed E-state index contributed by atoms with van der Waals surface area (Å²) in [5.74, 6) is -1.42. The Morgan fingerprint density at radius 2 is 1.71 bits per heavy atom. The number of allylic oxidation sites excluding steroid dienone is 5. The van der Waals surface area contributed by atoms with Crippen LogP contribution in [0.1, 0.15) is 33.6 Å². The van der Waals surface area contributed by atoms with Gasteiger partial charge in [-0.25, -0.2) is 0 Å². The number of carbonyl (C=O) groups is 3. The lowest BCUT2D eigenvalue weighted by Crippen LogP contribution is -2.55. The van der Waals surface area contributed by atoms with Crippen molar-refractivity contribution in [2.75, 3.05) is 19.7 Å². The molecule has 0 saturated heterocycles. The van der Waals surface area contributed by atoms with E-state index in [1.54, 1.807) is 39.0 Å². The van der Waals surface area contributed by atoms with Crippen LogP contribution in [0.5, 0.6) is 0 Å². The minimum absolute atomic E-state index is 0.176. The zero-order chi connectivity index (χ0) is 18.0. The van der Waals surface area contributed by atoms with E-state index in [4.69, 9.17) is 4.74 Å². The summed E-state index contributed by atoms with van der Waals surface area (Å²) in [4.78, 5) is 37.3. The molecule has 2 N–H and O–H groups in total. The summed E-state index contributed by atoms with van der Waals surface area (Å²) in [6, 6.07) is 0. The average molecular weight is 334 g/mol. The fourth-order valence-electron chi connectivity index (χ4n) is 2.36. The summed E-state index contributed by atoms with van der Waals surface area (Å²) >= 11 is 0. The number of ether oxygens (including phenoxy) is 1. The number of amides is 2. The van der Waals surface area contributed by atoms with Crippen LogP contribution in [0, 0.1) is 5.41 Å². The van der Waals surface area contributed by atoms with Crippen LogP contribution in [0.25, 0.3) is 0 Å². The first-order valence-corrected chi connectivity index (χ1v) is 8.28. The van der Waals surface area contributed by atoms with Crippen LogP contribution in [-0.2, 0) is 19.1 Å². The molecule has 6 heteroatoms. The van der Waals surface area contributed by atoms with Crippen molar-refractivity contribution < 1.29 is 19.1 Å². The number of carbonyl (C=O) groups excluding carboxylic acids is 3. The lowest BCUT2D eigenvalue weighted by atomic mass is 9.77. The molecule has 0 radical (unpaired) electrons. The van der Waals surface area contributed by atoms with Crippen molar-refractivity contribution in [3.8, 4) is 0 Å². The van der Waals surface area contributed by atoms with E-state index in [0.717, 1.165) is 0 Å². The monoisotopic (exact) mass is 334 g/mol. The van der Waals surface area contributed by atoms with Gasteiger partial charge in [0.25, 0.3) is 0 Å². The summed E-state index contributed by atoms with van der Waals surface area (Å²) in [5, 5.41) is 5.39. The van der Waals surface area contributed by atoms with Gasteiger partial charge in [0, 0.05) is 19.5 Å². The molecule has 2 amide bonds. The van der Waals surface area contributed by atoms with Crippen LogP contribution in [-0.4, -0.2) is 37.5 Å². The minimum Gasteiger partial charge on any atom is -0.464 e. The van der Waals surface area contributed by atoms with Gasteiger partial charge in [-0.05, 0) is 25.8 Å². The summed E-state index contributed by atoms with van der Waals surface area (Å²) in [5.41, 5.74) is -1.11. The Labute approximate surface area is 143 Å². The van der Waals surface area contributed by atoms with E-state index in [1.165, 1.54) is 0 Å². The van der Waals surface area contributed by atoms with Crippen molar-refractivity contribution >= 4 is 17.8 Å². The van der Waals surface area contributed by atoms with Crippen LogP contribution >= 0.6 is 0 Å². The molecule has 0 atom stereocenters. The Morgan fingerprint density at radius 1 is 1.08 bits per heavy atom. The molecule has 0 aromatic carbocycles. The molecule has 0 fully saturated rings. The average Bonchev–Trinajstić information content (AvgIpc) is 2.85. The van der Waals surface area contributed by atoms with Crippen LogP contribution in [0.4, 0.5) is 0 Å². The second-order valence-electron chi connectivity index (χ2n) is 5.33. The molecular weight excluding hydrogens is 308 g/mol. The zero-order valence-electron chi connectivity index (χ0n) is 14.6. The third kappa shape index (κ3) is 4.57. The third-order valence-corrected chi connectivity index (χ3v) is 3.66. The maximum Gasteiger partial charge on any atom is 0.305 e. The molecular formula is C18H26N2O4. The van der Waals surface area contributed by atoms with E-state index in [0.29, 0.717) is 25.1 Å². The van der Waals surface area contributed by atoms with Gasteiger partial charge in [0.15, 0.2) is 5.41 Å². The highest BCUT2D eigenvalue weighted by molar-refractivity contribution is 6.09. The van der Waals surface area contributed by atoms with E-state index in [9.17, 15) is 14.4 Å². The first-order valence-electron chi connectivity index (χ1n) is 8.28. The Bertz CT molecular complexity index is 543. The SMILES string of the molecule is CCNC(=O)C(COC(=O)CC)(C(=O)NCC)C1=CC=CCC=C1. The van der Waals surface area contributed by atoms with Gasteiger partial charge in [-0.15, -0.1) is 0 Å². The number of rotatable bonds is 8. The van der Waals surface area contributed by atoms with Gasteiger partial charge in [-0.2, -0.15) is 0 Å². The molecule has 132 valence electrons. The molecule has 0 aromatic heterocycles. The number of hydrogen-bond donors (Lipinski definition) is 2. The highest BCUT2D eigenvalue weighted by atomic mass is 16.5. The normalized spacial score (nSPS) is 13.7. The van der Waals surface area contributed by atoms with Crippen LogP contribution < -0.4 is 10.6 Å². The highest BCUT2D eigenvalue weighted by Gasteiger charge is 2.49. The molecule has 0 saturated carbocycles. The molecule has 1 aliphatic rings. The predicted octanol–water partition coefficient (Wildman–Crippen LogP) is 1.64. The molecule has 1 aliphatic carbocycles. The van der Waals surface area contributed by atoms with Crippen molar-refractivity contribution in [3.05, 3.63) is 36.0 Å². The largest absolute Gasteiger partial charge is 0.464 e. The highest BCUT2D eigenvalue weighted by Crippen LogP contribution is 2.32. The van der Waals surface area contributed by atoms with Gasteiger partial charge in [0.2, 0.25) is 11.8 Å².